The summed E-state index contributed by atoms with van der Waals surface area (Å²) in [5.74, 6) is 2.08. The Kier molecular flexibility index (Phi) is 2.95. The lowest BCUT2D eigenvalue weighted by atomic mass is 9.34. The molecule has 0 aromatic heterocycles. The Labute approximate surface area is 151 Å². The van der Waals surface area contributed by atoms with Gasteiger partial charge in [-0.1, -0.05) is 19.9 Å². The van der Waals surface area contributed by atoms with Crippen LogP contribution in [0.3, 0.4) is 0 Å². The van der Waals surface area contributed by atoms with Crippen molar-refractivity contribution in [3.63, 3.8) is 0 Å². The largest absolute Gasteiger partial charge is 0.388 e. The lowest BCUT2D eigenvalue weighted by Gasteiger charge is -2.73. The summed E-state index contributed by atoms with van der Waals surface area (Å²) >= 11 is 0. The van der Waals surface area contributed by atoms with Crippen molar-refractivity contribution in [1.29, 1.82) is 0 Å². The van der Waals surface area contributed by atoms with Crippen molar-refractivity contribution in [3.8, 4) is 0 Å². The van der Waals surface area contributed by atoms with Gasteiger partial charge in [0.1, 0.15) is 6.23 Å². The molecule has 4 bridgehead atoms. The fourth-order valence-corrected chi connectivity index (χ4v) is 9.25. The summed E-state index contributed by atoms with van der Waals surface area (Å²) in [6.45, 7) is 10.1. The standard InChI is InChI=1S/C22H33NO2/c1-14-15-4-8-21(18(14)24)9-5-16-20(2)6-3-7-22(16,17(21)12-15)13-23-10-11-25-19(20)23/h15-19,24H,1,3-13H2,2H3/t15-,16+,17+,18+,19?,20+,21-,22-/m0/s1. The second kappa shape index (κ2) is 4.72. The van der Waals surface area contributed by atoms with Crippen molar-refractivity contribution < 1.29 is 9.84 Å². The first-order valence-corrected chi connectivity index (χ1v) is 10.7. The summed E-state index contributed by atoms with van der Waals surface area (Å²) in [5, 5.41) is 11.3. The quantitative estimate of drug-likeness (QED) is 0.683. The smallest absolute Gasteiger partial charge is 0.116 e. The van der Waals surface area contributed by atoms with Gasteiger partial charge < -0.3 is 9.84 Å². The van der Waals surface area contributed by atoms with Crippen LogP contribution in [0.2, 0.25) is 0 Å². The molecule has 5 aliphatic carbocycles. The Hall–Kier alpha value is -0.380. The minimum Gasteiger partial charge on any atom is -0.388 e. The molecule has 0 aromatic rings. The molecule has 1 N–H and O–H groups in total. The first-order chi connectivity index (χ1) is 12.0. The van der Waals surface area contributed by atoms with Crippen LogP contribution in [0.5, 0.6) is 0 Å². The van der Waals surface area contributed by atoms with E-state index in [0.717, 1.165) is 19.1 Å². The van der Waals surface area contributed by atoms with Crippen molar-refractivity contribution >= 4 is 0 Å². The highest BCUT2D eigenvalue weighted by molar-refractivity contribution is 5.28. The Morgan fingerprint density at radius 1 is 1.12 bits per heavy atom. The maximum atomic E-state index is 11.3. The van der Waals surface area contributed by atoms with Crippen molar-refractivity contribution in [3.05, 3.63) is 12.2 Å². The molecular formula is C22H33NO2. The third kappa shape index (κ3) is 1.62. The Morgan fingerprint density at radius 2 is 1.96 bits per heavy atom. The van der Waals surface area contributed by atoms with Crippen molar-refractivity contribution in [2.75, 3.05) is 19.7 Å². The SMILES string of the molecule is C=C1[C@H]2CC[C@@]3(CC[C@H]4[C@@]5(CCC[C@@]4(C)C4OCCN4C5)[C@@H]3C2)[C@@H]1O. The third-order valence-electron chi connectivity index (χ3n) is 10.1. The zero-order chi connectivity index (χ0) is 17.0. The van der Waals surface area contributed by atoms with Crippen LogP contribution in [0, 0.1) is 34.0 Å². The average Bonchev–Trinajstić information content (AvgIpc) is 3.07. The van der Waals surface area contributed by atoms with E-state index in [-0.39, 0.29) is 11.5 Å². The van der Waals surface area contributed by atoms with Crippen LogP contribution in [-0.2, 0) is 4.74 Å². The first-order valence-electron chi connectivity index (χ1n) is 10.7. The lowest BCUT2D eigenvalue weighted by molar-refractivity contribution is -0.273. The number of fused-ring (bicyclic) bond motifs is 4. The van der Waals surface area contributed by atoms with Crippen LogP contribution in [-0.4, -0.2) is 42.0 Å². The topological polar surface area (TPSA) is 32.7 Å². The van der Waals surface area contributed by atoms with E-state index in [0.29, 0.717) is 28.9 Å². The van der Waals surface area contributed by atoms with Gasteiger partial charge in [-0.15, -0.1) is 0 Å². The molecule has 0 aromatic carbocycles. The Morgan fingerprint density at radius 3 is 2.84 bits per heavy atom. The molecule has 0 amide bonds. The molecule has 0 radical (unpaired) electrons. The number of rotatable bonds is 0. The molecule has 5 saturated carbocycles. The number of hydrogen-bond donors (Lipinski definition) is 1. The lowest BCUT2D eigenvalue weighted by Crippen LogP contribution is -2.72. The third-order valence-corrected chi connectivity index (χ3v) is 10.1. The van der Waals surface area contributed by atoms with Crippen LogP contribution in [0.15, 0.2) is 12.2 Å². The summed E-state index contributed by atoms with van der Waals surface area (Å²) in [6, 6.07) is 0. The van der Waals surface area contributed by atoms with E-state index in [1.807, 2.05) is 0 Å². The van der Waals surface area contributed by atoms with E-state index >= 15 is 0 Å². The van der Waals surface area contributed by atoms with Gasteiger partial charge in [0.05, 0.1) is 12.7 Å². The van der Waals surface area contributed by atoms with Gasteiger partial charge in [0.25, 0.3) is 0 Å². The molecule has 3 nitrogen and oxygen atoms in total. The minimum atomic E-state index is -0.235. The van der Waals surface area contributed by atoms with Crippen LogP contribution in [0.25, 0.3) is 0 Å². The fraction of sp³-hybridized carbons (Fsp3) is 0.909. The molecule has 138 valence electrons. The van der Waals surface area contributed by atoms with Gasteiger partial charge in [-0.05, 0) is 73.7 Å². The van der Waals surface area contributed by atoms with Crippen molar-refractivity contribution in [2.45, 2.75) is 70.6 Å². The molecule has 1 spiro atoms. The zero-order valence-corrected chi connectivity index (χ0v) is 15.7. The number of hydrogen-bond acceptors (Lipinski definition) is 3. The minimum absolute atomic E-state index is 0.147. The average molecular weight is 344 g/mol. The summed E-state index contributed by atoms with van der Waals surface area (Å²) < 4.78 is 6.29. The Bertz CT molecular complexity index is 634. The van der Waals surface area contributed by atoms with E-state index < -0.39 is 0 Å². The second-order valence-electron chi connectivity index (χ2n) is 10.6. The monoisotopic (exact) mass is 343 g/mol. The van der Waals surface area contributed by atoms with Gasteiger partial charge in [0.15, 0.2) is 0 Å². The van der Waals surface area contributed by atoms with E-state index in [1.54, 1.807) is 0 Å². The van der Waals surface area contributed by atoms with Gasteiger partial charge in [0.2, 0.25) is 0 Å². The maximum absolute atomic E-state index is 11.3. The van der Waals surface area contributed by atoms with E-state index in [9.17, 15) is 5.11 Å². The normalized spacial score (nSPS) is 60.1. The van der Waals surface area contributed by atoms with Gasteiger partial charge in [-0.2, -0.15) is 0 Å². The highest BCUT2D eigenvalue weighted by Crippen LogP contribution is 2.74. The van der Waals surface area contributed by atoms with Gasteiger partial charge in [-0.3, -0.25) is 4.90 Å². The summed E-state index contributed by atoms with van der Waals surface area (Å²) in [6.07, 6.45) is 10.6. The number of ether oxygens (including phenoxy) is 1. The predicted octanol–water partition coefficient (Wildman–Crippen LogP) is 3.58. The highest BCUT2D eigenvalue weighted by Gasteiger charge is 2.71. The molecule has 1 unspecified atom stereocenters. The molecule has 25 heavy (non-hydrogen) atoms. The van der Waals surface area contributed by atoms with Gasteiger partial charge >= 0.3 is 0 Å². The van der Waals surface area contributed by atoms with Crippen LogP contribution in [0.4, 0.5) is 0 Å². The Balaban J connectivity index is 1.49. The maximum Gasteiger partial charge on any atom is 0.116 e. The number of aliphatic hydroxyl groups excluding tert-OH is 1. The molecule has 2 heterocycles. The van der Waals surface area contributed by atoms with E-state index in [1.165, 1.54) is 63.5 Å². The molecule has 2 saturated heterocycles. The van der Waals surface area contributed by atoms with Crippen molar-refractivity contribution in [1.82, 2.24) is 4.90 Å². The molecule has 8 atom stereocenters. The fourth-order valence-electron chi connectivity index (χ4n) is 9.25. The van der Waals surface area contributed by atoms with E-state index in [2.05, 4.69) is 18.4 Å². The van der Waals surface area contributed by atoms with E-state index in [4.69, 9.17) is 4.74 Å². The zero-order valence-electron chi connectivity index (χ0n) is 15.7. The number of aliphatic hydroxyl groups is 1. The molecule has 7 aliphatic rings. The molecule has 2 aliphatic heterocycles. The van der Waals surface area contributed by atoms with Gasteiger partial charge in [0, 0.05) is 23.9 Å². The molecule has 7 rings (SSSR count). The number of piperidine rings is 1. The van der Waals surface area contributed by atoms with Crippen LogP contribution in [0.1, 0.15) is 58.3 Å². The van der Waals surface area contributed by atoms with Crippen LogP contribution >= 0.6 is 0 Å². The summed E-state index contributed by atoms with van der Waals surface area (Å²) in [5.41, 5.74) is 2.07. The second-order valence-corrected chi connectivity index (χ2v) is 10.6. The van der Waals surface area contributed by atoms with Crippen LogP contribution < -0.4 is 0 Å². The van der Waals surface area contributed by atoms with Gasteiger partial charge in [-0.25, -0.2) is 0 Å². The summed E-state index contributed by atoms with van der Waals surface area (Å²) in [4.78, 5) is 2.69. The predicted molar refractivity (Wildman–Crippen MR) is 96.8 cm³/mol. The van der Waals surface area contributed by atoms with Crippen molar-refractivity contribution in [2.24, 2.45) is 34.0 Å². The number of nitrogens with zero attached hydrogens (tertiary/aromatic N) is 1. The molecule has 7 fully saturated rings. The molecular weight excluding hydrogens is 310 g/mol. The summed E-state index contributed by atoms with van der Waals surface area (Å²) in [7, 11) is 0. The first kappa shape index (κ1) is 15.7. The highest BCUT2D eigenvalue weighted by atomic mass is 16.5. The molecule has 3 heteroatoms.